The Hall–Kier alpha value is -1.07. The summed E-state index contributed by atoms with van der Waals surface area (Å²) in [7, 11) is 0. The van der Waals surface area contributed by atoms with E-state index in [1.54, 1.807) is 20.8 Å². The molecule has 0 radical (unpaired) electrons. The number of hydrogen-bond acceptors (Lipinski definition) is 5. The lowest BCUT2D eigenvalue weighted by atomic mass is 10.0. The van der Waals surface area contributed by atoms with Crippen LogP contribution in [0.4, 0.5) is 11.8 Å². The van der Waals surface area contributed by atoms with Gasteiger partial charge in [-0.05, 0) is 27.7 Å². The van der Waals surface area contributed by atoms with Gasteiger partial charge in [-0.1, -0.05) is 11.6 Å². The van der Waals surface area contributed by atoms with Crippen molar-refractivity contribution in [1.29, 1.82) is 0 Å². The maximum atomic E-state index is 9.80. The van der Waals surface area contributed by atoms with E-state index in [2.05, 4.69) is 15.3 Å². The van der Waals surface area contributed by atoms with E-state index in [0.717, 1.165) is 0 Å². The standard InChI is InChI=1S/C10H17ClN4O/c1-5-7(11)8(15-9(12)13-5)14-6(2)10(3,4)16/h6,16H,1-4H3,(H3,12,13,14,15). The van der Waals surface area contributed by atoms with Gasteiger partial charge in [-0.3, -0.25) is 0 Å². The van der Waals surface area contributed by atoms with Crippen LogP contribution in [0, 0.1) is 6.92 Å². The van der Waals surface area contributed by atoms with E-state index in [4.69, 9.17) is 17.3 Å². The summed E-state index contributed by atoms with van der Waals surface area (Å²) in [6.45, 7) is 7.00. The zero-order valence-corrected chi connectivity index (χ0v) is 10.6. The molecule has 1 unspecified atom stereocenters. The van der Waals surface area contributed by atoms with Gasteiger partial charge in [-0.15, -0.1) is 0 Å². The summed E-state index contributed by atoms with van der Waals surface area (Å²) in [5.41, 5.74) is 5.26. The third kappa shape index (κ3) is 2.96. The van der Waals surface area contributed by atoms with Crippen molar-refractivity contribution in [3.8, 4) is 0 Å². The molecule has 5 nitrogen and oxygen atoms in total. The van der Waals surface area contributed by atoms with Crippen molar-refractivity contribution in [2.75, 3.05) is 11.1 Å². The molecule has 1 atom stereocenters. The normalized spacial score (nSPS) is 13.6. The zero-order chi connectivity index (χ0) is 12.5. The molecule has 1 rings (SSSR count). The Kier molecular flexibility index (Phi) is 3.60. The molecule has 1 aromatic heterocycles. The second-order valence-corrected chi connectivity index (χ2v) is 4.73. The molecular formula is C10H17ClN4O. The molecule has 0 aliphatic carbocycles. The number of aromatic nitrogens is 2. The van der Waals surface area contributed by atoms with E-state index >= 15 is 0 Å². The Labute approximate surface area is 100 Å². The fourth-order valence-electron chi connectivity index (χ4n) is 1.06. The van der Waals surface area contributed by atoms with Gasteiger partial charge >= 0.3 is 0 Å². The van der Waals surface area contributed by atoms with Gasteiger partial charge in [-0.2, -0.15) is 4.98 Å². The molecule has 90 valence electrons. The van der Waals surface area contributed by atoms with Crippen molar-refractivity contribution in [3.05, 3.63) is 10.7 Å². The minimum absolute atomic E-state index is 0.160. The lowest BCUT2D eigenvalue weighted by molar-refractivity contribution is 0.0648. The first-order valence-corrected chi connectivity index (χ1v) is 5.38. The Bertz CT molecular complexity index is 389. The minimum Gasteiger partial charge on any atom is -0.388 e. The highest BCUT2D eigenvalue weighted by Crippen LogP contribution is 2.25. The molecule has 1 heterocycles. The van der Waals surface area contributed by atoms with Gasteiger partial charge in [-0.25, -0.2) is 4.98 Å². The summed E-state index contributed by atoms with van der Waals surface area (Å²) in [5.74, 6) is 0.605. The molecule has 0 aliphatic rings. The largest absolute Gasteiger partial charge is 0.388 e. The third-order valence-corrected chi connectivity index (χ3v) is 2.90. The topological polar surface area (TPSA) is 84.1 Å². The lowest BCUT2D eigenvalue weighted by Gasteiger charge is -2.27. The Balaban J connectivity index is 2.98. The quantitative estimate of drug-likeness (QED) is 0.752. The molecule has 16 heavy (non-hydrogen) atoms. The predicted octanol–water partition coefficient (Wildman–Crippen LogP) is 1.59. The van der Waals surface area contributed by atoms with E-state index in [9.17, 15) is 5.11 Å². The number of aryl methyl sites for hydroxylation is 1. The Morgan fingerprint density at radius 3 is 2.50 bits per heavy atom. The van der Waals surface area contributed by atoms with Gasteiger partial charge < -0.3 is 16.2 Å². The second kappa shape index (κ2) is 4.43. The maximum Gasteiger partial charge on any atom is 0.222 e. The smallest absolute Gasteiger partial charge is 0.222 e. The van der Waals surface area contributed by atoms with Gasteiger partial charge in [0.15, 0.2) is 5.82 Å². The Morgan fingerprint density at radius 1 is 1.44 bits per heavy atom. The average Bonchev–Trinajstić information content (AvgIpc) is 2.11. The first-order valence-electron chi connectivity index (χ1n) is 5.00. The van der Waals surface area contributed by atoms with Crippen LogP contribution in [0.5, 0.6) is 0 Å². The molecule has 0 fully saturated rings. The molecule has 1 aromatic rings. The van der Waals surface area contributed by atoms with Crippen molar-refractivity contribution < 1.29 is 5.11 Å². The molecule has 0 saturated carbocycles. The molecule has 0 aliphatic heterocycles. The van der Waals surface area contributed by atoms with Crippen LogP contribution < -0.4 is 11.1 Å². The highest BCUT2D eigenvalue weighted by molar-refractivity contribution is 6.33. The fourth-order valence-corrected chi connectivity index (χ4v) is 1.20. The number of nitrogens with one attached hydrogen (secondary N) is 1. The molecule has 0 bridgehead atoms. The first-order chi connectivity index (χ1) is 7.21. The number of nitrogens with two attached hydrogens (primary N) is 1. The number of aliphatic hydroxyl groups is 1. The number of nitrogens with zero attached hydrogens (tertiary/aromatic N) is 2. The van der Waals surface area contributed by atoms with Crippen molar-refractivity contribution >= 4 is 23.4 Å². The summed E-state index contributed by atoms with van der Waals surface area (Å²) in [6, 6.07) is -0.210. The number of halogens is 1. The van der Waals surface area contributed by atoms with Crippen LogP contribution in [-0.4, -0.2) is 26.7 Å². The number of anilines is 2. The minimum atomic E-state index is -0.878. The SMILES string of the molecule is Cc1nc(N)nc(NC(C)C(C)(C)O)c1Cl. The van der Waals surface area contributed by atoms with Crippen molar-refractivity contribution in [2.45, 2.75) is 39.3 Å². The highest BCUT2D eigenvalue weighted by Gasteiger charge is 2.23. The molecule has 4 N–H and O–H groups in total. The summed E-state index contributed by atoms with van der Waals surface area (Å²) >= 11 is 6.03. The summed E-state index contributed by atoms with van der Waals surface area (Å²) in [6.07, 6.45) is 0. The van der Waals surface area contributed by atoms with Crippen LogP contribution in [0.1, 0.15) is 26.5 Å². The monoisotopic (exact) mass is 244 g/mol. The van der Waals surface area contributed by atoms with E-state index in [0.29, 0.717) is 16.5 Å². The molecule has 0 spiro atoms. The van der Waals surface area contributed by atoms with Crippen LogP contribution in [0.25, 0.3) is 0 Å². The number of nitrogen functional groups attached to an aromatic ring is 1. The van der Waals surface area contributed by atoms with Gasteiger partial charge in [0, 0.05) is 0 Å². The van der Waals surface area contributed by atoms with Crippen LogP contribution in [0.15, 0.2) is 0 Å². The molecule has 6 heteroatoms. The van der Waals surface area contributed by atoms with E-state index < -0.39 is 5.60 Å². The predicted molar refractivity (Wildman–Crippen MR) is 65.6 cm³/mol. The molecular weight excluding hydrogens is 228 g/mol. The molecule has 0 aromatic carbocycles. The third-order valence-electron chi connectivity index (χ3n) is 2.45. The van der Waals surface area contributed by atoms with E-state index in [-0.39, 0.29) is 12.0 Å². The lowest BCUT2D eigenvalue weighted by Crippen LogP contribution is -2.39. The first kappa shape index (κ1) is 13.0. The van der Waals surface area contributed by atoms with Crippen molar-refractivity contribution in [1.82, 2.24) is 9.97 Å². The van der Waals surface area contributed by atoms with E-state index in [1.807, 2.05) is 6.92 Å². The number of hydrogen-bond donors (Lipinski definition) is 3. The van der Waals surface area contributed by atoms with Gasteiger partial charge in [0.05, 0.1) is 17.3 Å². The summed E-state index contributed by atoms with van der Waals surface area (Å²) in [5, 5.41) is 13.2. The van der Waals surface area contributed by atoms with Crippen LogP contribution in [0.3, 0.4) is 0 Å². The van der Waals surface area contributed by atoms with Crippen molar-refractivity contribution in [2.24, 2.45) is 0 Å². The van der Waals surface area contributed by atoms with Gasteiger partial charge in [0.25, 0.3) is 0 Å². The van der Waals surface area contributed by atoms with Gasteiger partial charge in [0.1, 0.15) is 5.02 Å². The maximum absolute atomic E-state index is 9.80. The molecule has 0 saturated heterocycles. The number of rotatable bonds is 3. The fraction of sp³-hybridized carbons (Fsp3) is 0.600. The van der Waals surface area contributed by atoms with E-state index in [1.165, 1.54) is 0 Å². The van der Waals surface area contributed by atoms with Crippen LogP contribution in [-0.2, 0) is 0 Å². The van der Waals surface area contributed by atoms with Crippen LogP contribution in [0.2, 0.25) is 5.02 Å². The average molecular weight is 245 g/mol. The molecule has 0 amide bonds. The second-order valence-electron chi connectivity index (χ2n) is 4.35. The summed E-state index contributed by atoms with van der Waals surface area (Å²) < 4.78 is 0. The highest BCUT2D eigenvalue weighted by atomic mass is 35.5. The van der Waals surface area contributed by atoms with Gasteiger partial charge in [0.2, 0.25) is 5.95 Å². The van der Waals surface area contributed by atoms with Crippen molar-refractivity contribution in [3.63, 3.8) is 0 Å². The Morgan fingerprint density at radius 2 is 2.00 bits per heavy atom. The zero-order valence-electron chi connectivity index (χ0n) is 9.87. The van der Waals surface area contributed by atoms with Crippen LogP contribution >= 0.6 is 11.6 Å². The summed E-state index contributed by atoms with van der Waals surface area (Å²) in [4.78, 5) is 7.94.